The number of carbonyl (C=O) groups excluding carboxylic acids is 1. The highest BCUT2D eigenvalue weighted by Gasteiger charge is 2.53. The second-order valence-electron chi connectivity index (χ2n) is 17.2. The average Bonchev–Trinajstić information content (AvgIpc) is 3.26. The van der Waals surface area contributed by atoms with E-state index in [4.69, 9.17) is 28.4 Å². The molecular weight excluding hydrogens is 818 g/mol. The minimum absolute atomic E-state index is 0.219. The molecule has 3 saturated heterocycles. The van der Waals surface area contributed by atoms with Crippen LogP contribution in [0.2, 0.25) is 0 Å². The van der Waals surface area contributed by atoms with Gasteiger partial charge in [-0.3, -0.25) is 4.79 Å². The molecule has 0 radical (unpaired) electrons. The van der Waals surface area contributed by atoms with Crippen molar-refractivity contribution in [3.05, 3.63) is 0 Å². The van der Waals surface area contributed by atoms with Crippen molar-refractivity contribution in [2.24, 2.45) is 0 Å². The summed E-state index contributed by atoms with van der Waals surface area (Å²) in [6.45, 7) is 1.38. The minimum atomic E-state index is -1.96. The van der Waals surface area contributed by atoms with Crippen LogP contribution in [-0.2, 0) is 33.2 Å². The van der Waals surface area contributed by atoms with Crippen molar-refractivity contribution in [2.75, 3.05) is 26.4 Å². The smallest absolute Gasteiger partial charge is 0.220 e. The number of unbranched alkanes of at least 4 members (excludes halogenated alkanes) is 15. The number of rotatable bonds is 31. The highest BCUT2D eigenvalue weighted by atomic mass is 16.8. The largest absolute Gasteiger partial charge is 0.394 e. The standard InChI is InChI=1S/C43H81NO18/c1-3-5-6-7-8-9-10-11-12-13-14-15-16-17-18-19-21-27(48)26(44-31(49)20-4-2)25-57-41-37(55)34(52)39(29(23-46)59-41)62-43-38(56)35(53)40(30(24-47)60-43)61-42-36(54)33(51)32(50)28(22-45)58-42/h26-30,32-43,45-48,50-56H,3-25H2,1-2H3,(H,44,49). The molecule has 0 spiro atoms. The first-order valence-corrected chi connectivity index (χ1v) is 23.3. The van der Waals surface area contributed by atoms with Crippen LogP contribution in [0, 0.1) is 0 Å². The van der Waals surface area contributed by atoms with E-state index >= 15 is 0 Å². The van der Waals surface area contributed by atoms with Gasteiger partial charge in [0.2, 0.25) is 5.91 Å². The van der Waals surface area contributed by atoms with Gasteiger partial charge in [0.15, 0.2) is 18.9 Å². The molecule has 0 aromatic carbocycles. The Balaban J connectivity index is 1.47. The number of aliphatic hydroxyl groups is 11. The lowest BCUT2D eigenvalue weighted by molar-refractivity contribution is -0.379. The van der Waals surface area contributed by atoms with Gasteiger partial charge in [-0.1, -0.05) is 117 Å². The van der Waals surface area contributed by atoms with Gasteiger partial charge in [0.1, 0.15) is 73.2 Å². The topological polar surface area (TPSA) is 307 Å². The molecule has 62 heavy (non-hydrogen) atoms. The van der Waals surface area contributed by atoms with E-state index in [1.54, 1.807) is 0 Å². The van der Waals surface area contributed by atoms with E-state index in [-0.39, 0.29) is 18.9 Å². The molecule has 17 atom stereocenters. The van der Waals surface area contributed by atoms with Gasteiger partial charge < -0.3 is 89.9 Å². The molecule has 0 aromatic rings. The first kappa shape index (κ1) is 55.1. The van der Waals surface area contributed by atoms with E-state index in [1.165, 1.54) is 77.0 Å². The van der Waals surface area contributed by atoms with Gasteiger partial charge in [-0.15, -0.1) is 0 Å². The van der Waals surface area contributed by atoms with Crippen molar-refractivity contribution in [1.82, 2.24) is 5.32 Å². The van der Waals surface area contributed by atoms with Gasteiger partial charge in [-0.25, -0.2) is 0 Å². The molecule has 19 heteroatoms. The Labute approximate surface area is 366 Å². The molecule has 366 valence electrons. The van der Waals surface area contributed by atoms with E-state index in [0.29, 0.717) is 12.8 Å². The fraction of sp³-hybridized carbons (Fsp3) is 0.977. The summed E-state index contributed by atoms with van der Waals surface area (Å²) < 4.78 is 33.8. The van der Waals surface area contributed by atoms with E-state index in [9.17, 15) is 61.0 Å². The molecule has 3 rings (SSSR count). The molecule has 0 aromatic heterocycles. The molecule has 3 heterocycles. The van der Waals surface area contributed by atoms with Crippen LogP contribution in [0.4, 0.5) is 0 Å². The second kappa shape index (κ2) is 30.1. The molecule has 3 fully saturated rings. The van der Waals surface area contributed by atoms with Gasteiger partial charge in [-0.05, 0) is 12.8 Å². The molecule has 17 unspecified atom stereocenters. The van der Waals surface area contributed by atoms with E-state index in [0.717, 1.165) is 25.7 Å². The van der Waals surface area contributed by atoms with Crippen molar-refractivity contribution in [1.29, 1.82) is 0 Å². The number of ether oxygens (including phenoxy) is 6. The van der Waals surface area contributed by atoms with Crippen LogP contribution < -0.4 is 5.32 Å². The second-order valence-corrected chi connectivity index (χ2v) is 17.2. The summed E-state index contributed by atoms with van der Waals surface area (Å²) in [5.74, 6) is -0.297. The number of nitrogens with one attached hydrogen (secondary N) is 1. The van der Waals surface area contributed by atoms with Crippen molar-refractivity contribution in [3.63, 3.8) is 0 Å². The Hall–Kier alpha value is -1.21. The number of aliphatic hydroxyl groups excluding tert-OH is 11. The zero-order valence-electron chi connectivity index (χ0n) is 36.9. The fourth-order valence-electron chi connectivity index (χ4n) is 8.24. The van der Waals surface area contributed by atoms with Crippen molar-refractivity contribution in [3.8, 4) is 0 Å². The predicted molar refractivity (Wildman–Crippen MR) is 222 cm³/mol. The van der Waals surface area contributed by atoms with Crippen LogP contribution in [0.1, 0.15) is 136 Å². The Bertz CT molecular complexity index is 1170. The molecular formula is C43H81NO18. The number of hydrogen-bond donors (Lipinski definition) is 12. The third kappa shape index (κ3) is 17.2. The first-order chi connectivity index (χ1) is 29.8. The van der Waals surface area contributed by atoms with E-state index < -0.39 is 124 Å². The van der Waals surface area contributed by atoms with Crippen molar-refractivity contribution >= 4 is 5.91 Å². The summed E-state index contributed by atoms with van der Waals surface area (Å²) >= 11 is 0. The minimum Gasteiger partial charge on any atom is -0.394 e. The Kier molecular flexibility index (Phi) is 26.8. The van der Waals surface area contributed by atoms with Crippen molar-refractivity contribution in [2.45, 2.75) is 240 Å². The first-order valence-electron chi connectivity index (χ1n) is 23.3. The normalized spacial score (nSPS) is 35.1. The van der Waals surface area contributed by atoms with Crippen molar-refractivity contribution < 1.29 is 89.4 Å². The van der Waals surface area contributed by atoms with Gasteiger partial charge in [0.25, 0.3) is 0 Å². The van der Waals surface area contributed by atoms with Crippen LogP contribution in [0.25, 0.3) is 0 Å². The monoisotopic (exact) mass is 900 g/mol. The Morgan fingerprint density at radius 3 is 1.37 bits per heavy atom. The summed E-state index contributed by atoms with van der Waals surface area (Å²) in [4.78, 5) is 12.6. The number of carbonyl (C=O) groups is 1. The quantitative estimate of drug-likeness (QED) is 0.0399. The van der Waals surface area contributed by atoms with Crippen LogP contribution in [0.3, 0.4) is 0 Å². The lowest BCUT2D eigenvalue weighted by atomic mass is 9.96. The third-order valence-corrected chi connectivity index (χ3v) is 12.2. The average molecular weight is 900 g/mol. The maximum absolute atomic E-state index is 12.6. The molecule has 1 amide bonds. The lowest BCUT2D eigenvalue weighted by Gasteiger charge is -2.48. The zero-order chi connectivity index (χ0) is 45.6. The summed E-state index contributed by atoms with van der Waals surface area (Å²) in [7, 11) is 0. The predicted octanol–water partition coefficient (Wildman–Crippen LogP) is -0.251. The summed E-state index contributed by atoms with van der Waals surface area (Å²) in [6, 6.07) is -0.874. The van der Waals surface area contributed by atoms with Crippen LogP contribution in [0.5, 0.6) is 0 Å². The molecule has 12 N–H and O–H groups in total. The lowest BCUT2D eigenvalue weighted by Crippen LogP contribution is -2.66. The zero-order valence-corrected chi connectivity index (χ0v) is 36.9. The Morgan fingerprint density at radius 1 is 0.516 bits per heavy atom. The highest BCUT2D eigenvalue weighted by molar-refractivity contribution is 5.76. The number of amides is 1. The SMILES string of the molecule is CCCCCCCCCCCCCCCCCCC(O)C(COC1OC(CO)C(OC2OC(CO)C(OC3OC(CO)C(O)C(O)C3O)C(O)C2O)C(O)C1O)NC(=O)CCC. The number of hydrogen-bond acceptors (Lipinski definition) is 18. The summed E-state index contributed by atoms with van der Waals surface area (Å²) in [5, 5.41) is 118. The molecule has 0 saturated carbocycles. The van der Waals surface area contributed by atoms with Gasteiger partial charge in [-0.2, -0.15) is 0 Å². The highest BCUT2D eigenvalue weighted by Crippen LogP contribution is 2.33. The van der Waals surface area contributed by atoms with Crippen LogP contribution in [0.15, 0.2) is 0 Å². The van der Waals surface area contributed by atoms with E-state index in [2.05, 4.69) is 12.2 Å². The Morgan fingerprint density at radius 2 is 0.919 bits per heavy atom. The maximum atomic E-state index is 12.6. The third-order valence-electron chi connectivity index (χ3n) is 12.2. The molecule has 3 aliphatic rings. The molecule has 3 aliphatic heterocycles. The van der Waals surface area contributed by atoms with E-state index in [1.807, 2.05) is 6.92 Å². The maximum Gasteiger partial charge on any atom is 0.220 e. The van der Waals surface area contributed by atoms with Gasteiger partial charge in [0.05, 0.1) is 38.6 Å². The van der Waals surface area contributed by atoms with Gasteiger partial charge in [0, 0.05) is 6.42 Å². The van der Waals surface area contributed by atoms with Gasteiger partial charge >= 0.3 is 0 Å². The molecule has 19 nitrogen and oxygen atoms in total. The summed E-state index contributed by atoms with van der Waals surface area (Å²) in [6.07, 6.45) is -5.77. The fourth-order valence-corrected chi connectivity index (χ4v) is 8.24. The molecule has 0 bridgehead atoms. The van der Waals surface area contributed by atoms with Crippen LogP contribution in [-0.4, -0.2) is 193 Å². The summed E-state index contributed by atoms with van der Waals surface area (Å²) in [5.41, 5.74) is 0. The van der Waals surface area contributed by atoms with Crippen LogP contribution >= 0.6 is 0 Å². The molecule has 0 aliphatic carbocycles.